The summed E-state index contributed by atoms with van der Waals surface area (Å²) in [7, 11) is 1.86. The van der Waals surface area contributed by atoms with Crippen molar-refractivity contribution < 1.29 is 4.79 Å². The van der Waals surface area contributed by atoms with Crippen LogP contribution in [-0.2, 0) is 0 Å². The molecule has 1 amide bonds. The molecular formula is C15H19ClN4O. The van der Waals surface area contributed by atoms with Crippen LogP contribution in [0.25, 0.3) is 5.69 Å². The fourth-order valence-electron chi connectivity index (χ4n) is 1.92. The van der Waals surface area contributed by atoms with Crippen LogP contribution in [0.15, 0.2) is 30.5 Å². The number of carbonyl (C=O) groups excluding carboxylic acids is 1. The van der Waals surface area contributed by atoms with E-state index in [1.165, 1.54) is 0 Å². The lowest BCUT2D eigenvalue weighted by molar-refractivity contribution is 0.0950. The van der Waals surface area contributed by atoms with Crippen molar-refractivity contribution in [3.8, 4) is 5.69 Å². The zero-order valence-corrected chi connectivity index (χ0v) is 13.1. The van der Waals surface area contributed by atoms with E-state index in [0.717, 1.165) is 11.4 Å². The topological polar surface area (TPSA) is 58.9 Å². The van der Waals surface area contributed by atoms with E-state index in [1.54, 1.807) is 23.0 Å². The molecule has 0 saturated heterocycles. The molecule has 0 fully saturated rings. The average molecular weight is 307 g/mol. The smallest absolute Gasteiger partial charge is 0.254 e. The molecule has 1 aromatic carbocycles. The van der Waals surface area contributed by atoms with Crippen LogP contribution in [0.5, 0.6) is 0 Å². The normalized spacial score (nSPS) is 12.2. The number of carbonyl (C=O) groups is 1. The summed E-state index contributed by atoms with van der Waals surface area (Å²) in [6, 6.07) is 7.55. The lowest BCUT2D eigenvalue weighted by Gasteiger charge is -2.11. The van der Waals surface area contributed by atoms with Crippen LogP contribution < -0.4 is 10.6 Å². The number of aromatic nitrogens is 2. The minimum Gasteiger partial charge on any atom is -0.350 e. The quantitative estimate of drug-likeness (QED) is 0.890. The van der Waals surface area contributed by atoms with Gasteiger partial charge >= 0.3 is 0 Å². The van der Waals surface area contributed by atoms with Gasteiger partial charge in [0, 0.05) is 17.6 Å². The molecule has 1 atom stereocenters. The molecular weight excluding hydrogens is 288 g/mol. The maximum absolute atomic E-state index is 12.2. The third-order valence-electron chi connectivity index (χ3n) is 3.39. The molecule has 0 spiro atoms. The van der Waals surface area contributed by atoms with Crippen LogP contribution in [0.2, 0.25) is 5.02 Å². The number of benzene rings is 1. The van der Waals surface area contributed by atoms with E-state index >= 15 is 0 Å². The van der Waals surface area contributed by atoms with Gasteiger partial charge in [-0.3, -0.25) is 4.79 Å². The first kappa shape index (κ1) is 15.5. The molecule has 0 bridgehead atoms. The highest BCUT2D eigenvalue weighted by molar-refractivity contribution is 6.30. The second kappa shape index (κ2) is 6.74. The molecule has 0 saturated carbocycles. The summed E-state index contributed by atoms with van der Waals surface area (Å²) < 4.78 is 1.73. The van der Waals surface area contributed by atoms with Crippen LogP contribution in [0.1, 0.15) is 23.0 Å². The highest BCUT2D eigenvalue weighted by atomic mass is 35.5. The van der Waals surface area contributed by atoms with Crippen molar-refractivity contribution >= 4 is 17.5 Å². The van der Waals surface area contributed by atoms with E-state index in [4.69, 9.17) is 11.6 Å². The van der Waals surface area contributed by atoms with Crippen molar-refractivity contribution in [3.63, 3.8) is 0 Å². The third-order valence-corrected chi connectivity index (χ3v) is 3.64. The van der Waals surface area contributed by atoms with Gasteiger partial charge in [0.05, 0.1) is 23.1 Å². The maximum Gasteiger partial charge on any atom is 0.254 e. The molecule has 0 radical (unpaired) electrons. The van der Waals surface area contributed by atoms with E-state index in [1.807, 2.05) is 33.0 Å². The van der Waals surface area contributed by atoms with Crippen LogP contribution in [0.3, 0.4) is 0 Å². The Hall–Kier alpha value is -1.85. The monoisotopic (exact) mass is 306 g/mol. The summed E-state index contributed by atoms with van der Waals surface area (Å²) in [4.78, 5) is 12.2. The van der Waals surface area contributed by atoms with Crippen molar-refractivity contribution in [1.29, 1.82) is 0 Å². The zero-order valence-electron chi connectivity index (χ0n) is 12.4. The van der Waals surface area contributed by atoms with E-state index < -0.39 is 0 Å². The second-order valence-corrected chi connectivity index (χ2v) is 5.37. The van der Waals surface area contributed by atoms with Crippen LogP contribution in [0.4, 0.5) is 0 Å². The lowest BCUT2D eigenvalue weighted by Crippen LogP contribution is -2.37. The van der Waals surface area contributed by atoms with E-state index in [0.29, 0.717) is 17.1 Å². The van der Waals surface area contributed by atoms with Crippen molar-refractivity contribution in [3.05, 3.63) is 46.7 Å². The van der Waals surface area contributed by atoms with Gasteiger partial charge in [0.1, 0.15) is 0 Å². The lowest BCUT2D eigenvalue weighted by atomic mass is 10.2. The Morgan fingerprint density at radius 1 is 1.38 bits per heavy atom. The largest absolute Gasteiger partial charge is 0.350 e. The molecule has 2 rings (SSSR count). The van der Waals surface area contributed by atoms with Gasteiger partial charge in [0.2, 0.25) is 0 Å². The van der Waals surface area contributed by atoms with Gasteiger partial charge in [-0.15, -0.1) is 0 Å². The van der Waals surface area contributed by atoms with Gasteiger partial charge in [-0.05, 0) is 45.2 Å². The molecule has 1 unspecified atom stereocenters. The number of nitrogens with one attached hydrogen (secondary N) is 2. The Bertz CT molecular complexity index is 621. The fraction of sp³-hybridized carbons (Fsp3) is 0.333. The first-order valence-corrected chi connectivity index (χ1v) is 7.16. The molecule has 0 aliphatic heterocycles. The Morgan fingerprint density at radius 3 is 2.67 bits per heavy atom. The molecule has 1 aromatic heterocycles. The summed E-state index contributed by atoms with van der Waals surface area (Å²) >= 11 is 5.88. The minimum absolute atomic E-state index is 0.116. The first-order chi connectivity index (χ1) is 10.0. The first-order valence-electron chi connectivity index (χ1n) is 6.79. The van der Waals surface area contributed by atoms with E-state index in [-0.39, 0.29) is 11.9 Å². The molecule has 21 heavy (non-hydrogen) atoms. The SMILES string of the molecule is CNC(C)CNC(=O)c1cnn(-c2ccc(Cl)cc2)c1C. The van der Waals surface area contributed by atoms with Gasteiger partial charge in [-0.2, -0.15) is 5.10 Å². The van der Waals surface area contributed by atoms with Gasteiger partial charge < -0.3 is 10.6 Å². The summed E-state index contributed by atoms with van der Waals surface area (Å²) in [5.41, 5.74) is 2.25. The Balaban J connectivity index is 2.16. The number of hydrogen-bond acceptors (Lipinski definition) is 3. The molecule has 2 aromatic rings. The van der Waals surface area contributed by atoms with Gasteiger partial charge in [0.25, 0.3) is 5.91 Å². The molecule has 6 heteroatoms. The van der Waals surface area contributed by atoms with Gasteiger partial charge in [0.15, 0.2) is 0 Å². The number of halogens is 1. The molecule has 0 aliphatic carbocycles. The summed E-state index contributed by atoms with van der Waals surface area (Å²) in [5, 5.41) is 10.9. The van der Waals surface area contributed by atoms with Crippen molar-refractivity contribution in [2.45, 2.75) is 19.9 Å². The van der Waals surface area contributed by atoms with Crippen molar-refractivity contribution in [1.82, 2.24) is 20.4 Å². The molecule has 112 valence electrons. The molecule has 1 heterocycles. The highest BCUT2D eigenvalue weighted by Crippen LogP contribution is 2.16. The summed E-state index contributed by atoms with van der Waals surface area (Å²) in [6.45, 7) is 4.45. The van der Waals surface area contributed by atoms with Gasteiger partial charge in [-0.25, -0.2) is 4.68 Å². The van der Waals surface area contributed by atoms with Crippen LogP contribution in [0, 0.1) is 6.92 Å². The van der Waals surface area contributed by atoms with Crippen molar-refractivity contribution in [2.24, 2.45) is 0 Å². The average Bonchev–Trinajstić information content (AvgIpc) is 2.87. The van der Waals surface area contributed by atoms with Gasteiger partial charge in [-0.1, -0.05) is 11.6 Å². The fourth-order valence-corrected chi connectivity index (χ4v) is 2.04. The van der Waals surface area contributed by atoms with Crippen LogP contribution >= 0.6 is 11.6 Å². The molecule has 5 nitrogen and oxygen atoms in total. The summed E-state index contributed by atoms with van der Waals surface area (Å²) in [5.74, 6) is -0.116. The summed E-state index contributed by atoms with van der Waals surface area (Å²) in [6.07, 6.45) is 1.59. The predicted octanol–water partition coefficient (Wildman–Crippen LogP) is 2.17. The zero-order chi connectivity index (χ0) is 15.4. The standard InChI is InChI=1S/C15H19ClN4O/c1-10(17-3)8-18-15(21)14-9-19-20(11(14)2)13-6-4-12(16)5-7-13/h4-7,9-10,17H,8H2,1-3H3,(H,18,21). The Morgan fingerprint density at radius 2 is 2.05 bits per heavy atom. The predicted molar refractivity (Wildman–Crippen MR) is 84.2 cm³/mol. The van der Waals surface area contributed by atoms with Crippen LogP contribution in [-0.4, -0.2) is 35.3 Å². The Kier molecular flexibility index (Phi) is 4.98. The number of amides is 1. The Labute approximate surface area is 129 Å². The molecule has 0 aliphatic rings. The maximum atomic E-state index is 12.2. The molecule has 2 N–H and O–H groups in total. The number of nitrogens with zero attached hydrogens (tertiary/aromatic N) is 2. The number of rotatable bonds is 5. The van der Waals surface area contributed by atoms with E-state index in [2.05, 4.69) is 15.7 Å². The number of hydrogen-bond donors (Lipinski definition) is 2. The minimum atomic E-state index is -0.116. The number of likely N-dealkylation sites (N-methyl/N-ethyl adjacent to an activating group) is 1. The van der Waals surface area contributed by atoms with E-state index in [9.17, 15) is 4.79 Å². The van der Waals surface area contributed by atoms with Crippen molar-refractivity contribution in [2.75, 3.05) is 13.6 Å². The third kappa shape index (κ3) is 3.62. The second-order valence-electron chi connectivity index (χ2n) is 4.93. The highest BCUT2D eigenvalue weighted by Gasteiger charge is 2.15.